The first-order valence-electron chi connectivity index (χ1n) is 2.72. The molecule has 0 unspecified atom stereocenters. The third kappa shape index (κ3) is 1.93. The predicted molar refractivity (Wildman–Crippen MR) is 34.4 cm³/mol. The first-order valence-corrected chi connectivity index (χ1v) is 2.72. The van der Waals surface area contributed by atoms with E-state index in [4.69, 9.17) is 10.8 Å². The van der Waals surface area contributed by atoms with Crippen molar-refractivity contribution in [3.05, 3.63) is 0 Å². The second kappa shape index (κ2) is 3.05. The number of primary amides is 1. The minimum atomic E-state index is -1.07. The number of hydrogen-bond donors (Lipinski definition) is 2. The van der Waals surface area contributed by atoms with E-state index in [1.165, 1.54) is 14.0 Å². The maximum atomic E-state index is 10.3. The second-order valence-electron chi connectivity index (χ2n) is 1.96. The van der Waals surface area contributed by atoms with Gasteiger partial charge in [0.15, 0.2) is 0 Å². The molecule has 0 aliphatic carbocycles. The van der Waals surface area contributed by atoms with Crippen LogP contribution in [0.2, 0.25) is 0 Å². The zero-order valence-electron chi connectivity index (χ0n) is 5.87. The highest BCUT2D eigenvalue weighted by Gasteiger charge is 2.18. The highest BCUT2D eigenvalue weighted by molar-refractivity contribution is 5.81. The molecule has 0 heterocycles. The summed E-state index contributed by atoms with van der Waals surface area (Å²) in [5, 5.41) is 8.35. The third-order valence-corrected chi connectivity index (χ3v) is 1.29. The molecule has 0 aliphatic rings. The third-order valence-electron chi connectivity index (χ3n) is 1.29. The molecule has 0 spiro atoms. The van der Waals surface area contributed by atoms with Gasteiger partial charge in [0.05, 0.1) is 0 Å². The Bertz CT molecular complexity index is 139. The van der Waals surface area contributed by atoms with Crippen molar-refractivity contribution in [3.8, 4) is 0 Å². The lowest BCUT2D eigenvalue weighted by atomic mass is 10.3. The Morgan fingerprint density at radius 2 is 2.00 bits per heavy atom. The highest BCUT2D eigenvalue weighted by Crippen LogP contribution is 1.93. The standard InChI is InChI=1S/C5H10N2O3/c1-3(4(8)9)7(2)5(6)10/h3H,1-2H3,(H2,6,10)(H,8,9)/t3-/m1/s1. The van der Waals surface area contributed by atoms with Crippen LogP contribution < -0.4 is 5.73 Å². The molecule has 3 N–H and O–H groups in total. The molecule has 0 rings (SSSR count). The molecule has 10 heavy (non-hydrogen) atoms. The molecule has 0 aromatic rings. The van der Waals surface area contributed by atoms with E-state index in [1.807, 2.05) is 0 Å². The van der Waals surface area contributed by atoms with Crippen molar-refractivity contribution in [1.29, 1.82) is 0 Å². The number of carboxylic acids is 1. The SMILES string of the molecule is C[C@H](C(=O)O)N(C)C(N)=O. The molecule has 0 bridgehead atoms. The molecule has 58 valence electrons. The molecule has 5 nitrogen and oxygen atoms in total. The van der Waals surface area contributed by atoms with E-state index in [2.05, 4.69) is 0 Å². The van der Waals surface area contributed by atoms with Gasteiger partial charge in [0.1, 0.15) is 6.04 Å². The molecule has 0 saturated heterocycles. The molecule has 0 aliphatic heterocycles. The number of rotatable bonds is 2. The number of nitrogens with two attached hydrogens (primary N) is 1. The Morgan fingerprint density at radius 3 is 2.10 bits per heavy atom. The number of hydrogen-bond acceptors (Lipinski definition) is 2. The number of likely N-dealkylation sites (N-methyl/N-ethyl adjacent to an activating group) is 1. The lowest BCUT2D eigenvalue weighted by molar-refractivity contribution is -0.141. The molecule has 1 atom stereocenters. The van der Waals surface area contributed by atoms with Gasteiger partial charge in [-0.2, -0.15) is 0 Å². The summed E-state index contributed by atoms with van der Waals surface area (Å²) in [5.41, 5.74) is 4.80. The molecule has 0 radical (unpaired) electrons. The van der Waals surface area contributed by atoms with Crippen LogP contribution in [0, 0.1) is 0 Å². The fraction of sp³-hybridized carbons (Fsp3) is 0.600. The van der Waals surface area contributed by atoms with E-state index in [9.17, 15) is 9.59 Å². The average molecular weight is 146 g/mol. The number of nitrogens with zero attached hydrogens (tertiary/aromatic N) is 1. The van der Waals surface area contributed by atoms with Crippen molar-refractivity contribution in [1.82, 2.24) is 4.90 Å². The van der Waals surface area contributed by atoms with Crippen LogP contribution in [-0.4, -0.2) is 35.1 Å². The number of carbonyl (C=O) groups excluding carboxylic acids is 1. The minimum Gasteiger partial charge on any atom is -0.480 e. The van der Waals surface area contributed by atoms with E-state index >= 15 is 0 Å². The van der Waals surface area contributed by atoms with Gasteiger partial charge < -0.3 is 15.7 Å². The number of carbonyl (C=O) groups is 2. The largest absolute Gasteiger partial charge is 0.480 e. The molecule has 0 fully saturated rings. The molecule has 5 heteroatoms. The van der Waals surface area contributed by atoms with Crippen molar-refractivity contribution in [2.75, 3.05) is 7.05 Å². The summed E-state index contributed by atoms with van der Waals surface area (Å²) in [5.74, 6) is -1.07. The fourth-order valence-corrected chi connectivity index (χ4v) is 0.357. The summed E-state index contributed by atoms with van der Waals surface area (Å²) in [6.45, 7) is 1.38. The Balaban J connectivity index is 4.07. The average Bonchev–Trinajstić information content (AvgIpc) is 1.84. The maximum absolute atomic E-state index is 10.3. The van der Waals surface area contributed by atoms with E-state index < -0.39 is 18.0 Å². The summed E-state index contributed by atoms with van der Waals surface area (Å²) in [7, 11) is 1.33. The Labute approximate surface area is 58.4 Å². The van der Waals surface area contributed by atoms with E-state index in [-0.39, 0.29) is 0 Å². The second-order valence-corrected chi connectivity index (χ2v) is 1.96. The van der Waals surface area contributed by atoms with E-state index in [0.29, 0.717) is 0 Å². The van der Waals surface area contributed by atoms with Gasteiger partial charge in [0.25, 0.3) is 0 Å². The van der Waals surface area contributed by atoms with E-state index in [1.54, 1.807) is 0 Å². The Kier molecular flexibility index (Phi) is 2.66. The summed E-state index contributed by atoms with van der Waals surface area (Å²) < 4.78 is 0. The van der Waals surface area contributed by atoms with Crippen LogP contribution in [0.25, 0.3) is 0 Å². The molecular weight excluding hydrogens is 136 g/mol. The van der Waals surface area contributed by atoms with Gasteiger partial charge in [-0.05, 0) is 6.92 Å². The fourth-order valence-electron chi connectivity index (χ4n) is 0.357. The summed E-state index contributed by atoms with van der Waals surface area (Å²) in [4.78, 5) is 21.5. The molecule has 0 aromatic heterocycles. The summed E-state index contributed by atoms with van der Waals surface area (Å²) in [6.07, 6.45) is 0. The molecular formula is C5H10N2O3. The maximum Gasteiger partial charge on any atom is 0.326 e. The number of urea groups is 1. The van der Waals surface area contributed by atoms with Gasteiger partial charge >= 0.3 is 12.0 Å². The van der Waals surface area contributed by atoms with E-state index in [0.717, 1.165) is 4.90 Å². The predicted octanol–water partition coefficient (Wildman–Crippen LogP) is -0.530. The van der Waals surface area contributed by atoms with Crippen molar-refractivity contribution in [2.24, 2.45) is 5.73 Å². The van der Waals surface area contributed by atoms with Crippen LogP contribution in [0.15, 0.2) is 0 Å². The van der Waals surface area contributed by atoms with Crippen LogP contribution in [0.1, 0.15) is 6.92 Å². The quantitative estimate of drug-likeness (QED) is 0.549. The van der Waals surface area contributed by atoms with Crippen molar-refractivity contribution < 1.29 is 14.7 Å². The number of carboxylic acid groups (broad SMARTS) is 1. The molecule has 0 saturated carbocycles. The topological polar surface area (TPSA) is 83.6 Å². The zero-order chi connectivity index (χ0) is 8.31. The van der Waals surface area contributed by atoms with Gasteiger partial charge in [0, 0.05) is 7.05 Å². The van der Waals surface area contributed by atoms with Gasteiger partial charge in [0.2, 0.25) is 0 Å². The number of aliphatic carboxylic acids is 1. The normalized spacial score (nSPS) is 12.2. The van der Waals surface area contributed by atoms with Crippen LogP contribution in [0.5, 0.6) is 0 Å². The van der Waals surface area contributed by atoms with Gasteiger partial charge in [-0.25, -0.2) is 9.59 Å². The number of amides is 2. The van der Waals surface area contributed by atoms with Crippen LogP contribution in [-0.2, 0) is 4.79 Å². The van der Waals surface area contributed by atoms with Crippen molar-refractivity contribution in [2.45, 2.75) is 13.0 Å². The smallest absolute Gasteiger partial charge is 0.326 e. The lowest BCUT2D eigenvalue weighted by Gasteiger charge is -2.18. The van der Waals surface area contributed by atoms with Crippen molar-refractivity contribution >= 4 is 12.0 Å². The van der Waals surface area contributed by atoms with Crippen LogP contribution in [0.4, 0.5) is 4.79 Å². The Hall–Kier alpha value is -1.26. The van der Waals surface area contributed by atoms with Gasteiger partial charge in [-0.3, -0.25) is 0 Å². The molecule has 2 amide bonds. The van der Waals surface area contributed by atoms with Crippen molar-refractivity contribution in [3.63, 3.8) is 0 Å². The summed E-state index contributed by atoms with van der Waals surface area (Å²) >= 11 is 0. The Morgan fingerprint density at radius 1 is 1.60 bits per heavy atom. The van der Waals surface area contributed by atoms with Crippen LogP contribution in [0.3, 0.4) is 0 Å². The highest BCUT2D eigenvalue weighted by atomic mass is 16.4. The summed E-state index contributed by atoms with van der Waals surface area (Å²) in [6, 6.07) is -1.60. The lowest BCUT2D eigenvalue weighted by Crippen LogP contribution is -2.43. The molecule has 0 aromatic carbocycles. The van der Waals surface area contributed by atoms with Crippen LogP contribution >= 0.6 is 0 Å². The first-order chi connectivity index (χ1) is 4.46. The monoisotopic (exact) mass is 146 g/mol. The zero-order valence-corrected chi connectivity index (χ0v) is 5.87. The van der Waals surface area contributed by atoms with Gasteiger partial charge in [-0.15, -0.1) is 0 Å². The van der Waals surface area contributed by atoms with Gasteiger partial charge in [-0.1, -0.05) is 0 Å². The first kappa shape index (κ1) is 8.74. The minimum absolute atomic E-state index is 0.741.